The van der Waals surface area contributed by atoms with Crippen molar-refractivity contribution in [3.8, 4) is 23.0 Å². The first kappa shape index (κ1) is 14.2. The van der Waals surface area contributed by atoms with Crippen LogP contribution in [0.4, 0.5) is 0 Å². The highest BCUT2D eigenvalue weighted by Crippen LogP contribution is 2.32. The summed E-state index contributed by atoms with van der Waals surface area (Å²) in [7, 11) is 0. The number of carbonyl (C=O) groups is 2. The van der Waals surface area contributed by atoms with E-state index in [4.69, 9.17) is 9.84 Å². The lowest BCUT2D eigenvalue weighted by Gasteiger charge is -2.10. The van der Waals surface area contributed by atoms with E-state index in [2.05, 4.69) is 0 Å². The van der Waals surface area contributed by atoms with Crippen LogP contribution in [0.3, 0.4) is 0 Å². The first-order chi connectivity index (χ1) is 9.90. The number of carboxylic acids is 1. The minimum atomic E-state index is -1.39. The zero-order valence-electron chi connectivity index (χ0n) is 10.5. The average molecular weight is 290 g/mol. The summed E-state index contributed by atoms with van der Waals surface area (Å²) in [6.07, 6.45) is 0. The fourth-order valence-electron chi connectivity index (χ4n) is 1.64. The molecule has 0 amide bonds. The van der Waals surface area contributed by atoms with Crippen LogP contribution in [0.1, 0.15) is 20.7 Å². The van der Waals surface area contributed by atoms with Crippen molar-refractivity contribution in [3.05, 3.63) is 47.5 Å². The van der Waals surface area contributed by atoms with E-state index in [1.54, 1.807) is 0 Å². The van der Waals surface area contributed by atoms with Gasteiger partial charge in [0.25, 0.3) is 0 Å². The first-order valence-corrected chi connectivity index (χ1v) is 5.69. The molecular weight excluding hydrogens is 280 g/mol. The first-order valence-electron chi connectivity index (χ1n) is 5.69. The van der Waals surface area contributed by atoms with Gasteiger partial charge in [-0.05, 0) is 30.3 Å². The number of carboxylic acid groups (broad SMARTS) is 1. The Kier molecular flexibility index (Phi) is 3.66. The SMILES string of the molecule is O=C(Oc1c(O)cccc1C(=O)O)c1cc(O)ccc1O. The summed E-state index contributed by atoms with van der Waals surface area (Å²) in [6, 6.07) is 6.77. The third-order valence-corrected chi connectivity index (χ3v) is 2.62. The lowest BCUT2D eigenvalue weighted by molar-refractivity contribution is 0.0677. The number of hydrogen-bond acceptors (Lipinski definition) is 6. The summed E-state index contributed by atoms with van der Waals surface area (Å²) in [5.41, 5.74) is -0.780. The summed E-state index contributed by atoms with van der Waals surface area (Å²) < 4.78 is 4.82. The molecular formula is C14H10O7. The van der Waals surface area contributed by atoms with Crippen molar-refractivity contribution in [2.24, 2.45) is 0 Å². The topological polar surface area (TPSA) is 124 Å². The molecule has 0 saturated carbocycles. The minimum Gasteiger partial charge on any atom is -0.508 e. The van der Waals surface area contributed by atoms with E-state index < -0.39 is 34.8 Å². The number of aromatic carboxylic acids is 1. The molecule has 0 aliphatic carbocycles. The second-order valence-corrected chi connectivity index (χ2v) is 4.05. The number of para-hydroxylation sites is 1. The number of phenols is 3. The van der Waals surface area contributed by atoms with Crippen molar-refractivity contribution < 1.29 is 34.8 Å². The van der Waals surface area contributed by atoms with Gasteiger partial charge in [-0.25, -0.2) is 9.59 Å². The van der Waals surface area contributed by atoms with Gasteiger partial charge in [0.15, 0.2) is 11.5 Å². The van der Waals surface area contributed by atoms with Gasteiger partial charge in [0.1, 0.15) is 22.6 Å². The molecule has 7 nitrogen and oxygen atoms in total. The molecule has 0 heterocycles. The fourth-order valence-corrected chi connectivity index (χ4v) is 1.64. The fraction of sp³-hybridized carbons (Fsp3) is 0. The summed E-state index contributed by atoms with van der Waals surface area (Å²) in [5, 5.41) is 37.4. The van der Waals surface area contributed by atoms with Crippen molar-refractivity contribution in [2.45, 2.75) is 0 Å². The van der Waals surface area contributed by atoms with E-state index in [1.165, 1.54) is 6.07 Å². The largest absolute Gasteiger partial charge is 0.508 e. The molecule has 21 heavy (non-hydrogen) atoms. The molecule has 0 radical (unpaired) electrons. The minimum absolute atomic E-state index is 0.282. The summed E-state index contributed by atoms with van der Waals surface area (Å²) >= 11 is 0. The number of ether oxygens (including phenoxy) is 1. The molecule has 7 heteroatoms. The molecule has 0 aliphatic heterocycles. The van der Waals surface area contributed by atoms with Crippen LogP contribution >= 0.6 is 0 Å². The van der Waals surface area contributed by atoms with Crippen molar-refractivity contribution in [2.75, 3.05) is 0 Å². The molecule has 0 spiro atoms. The number of hydrogen-bond donors (Lipinski definition) is 4. The van der Waals surface area contributed by atoms with Crippen LogP contribution in [0, 0.1) is 0 Å². The highest BCUT2D eigenvalue weighted by molar-refractivity contribution is 5.98. The predicted molar refractivity (Wildman–Crippen MR) is 69.8 cm³/mol. The maximum atomic E-state index is 11.9. The van der Waals surface area contributed by atoms with Gasteiger partial charge in [0.2, 0.25) is 0 Å². The number of aromatic hydroxyl groups is 3. The molecule has 4 N–H and O–H groups in total. The number of carbonyl (C=O) groups excluding carboxylic acids is 1. The third kappa shape index (κ3) is 2.86. The van der Waals surface area contributed by atoms with Crippen molar-refractivity contribution in [1.29, 1.82) is 0 Å². The Hall–Kier alpha value is -3.22. The van der Waals surface area contributed by atoms with E-state index in [1.807, 2.05) is 0 Å². The lowest BCUT2D eigenvalue weighted by atomic mass is 10.1. The summed E-state index contributed by atoms with van der Waals surface area (Å²) in [6.45, 7) is 0. The Bertz CT molecular complexity index is 721. The molecule has 2 rings (SSSR count). The van der Waals surface area contributed by atoms with E-state index in [9.17, 15) is 24.9 Å². The monoisotopic (exact) mass is 290 g/mol. The quantitative estimate of drug-likeness (QED) is 0.385. The van der Waals surface area contributed by atoms with Gasteiger partial charge >= 0.3 is 11.9 Å². The third-order valence-electron chi connectivity index (χ3n) is 2.62. The molecule has 0 aromatic heterocycles. The maximum absolute atomic E-state index is 11.9. The molecule has 0 bridgehead atoms. The summed E-state index contributed by atoms with van der Waals surface area (Å²) in [5.74, 6) is -4.33. The molecule has 0 atom stereocenters. The molecule has 0 fully saturated rings. The Morgan fingerprint density at radius 1 is 0.905 bits per heavy atom. The van der Waals surface area contributed by atoms with Crippen LogP contribution in [0.15, 0.2) is 36.4 Å². The molecule has 108 valence electrons. The lowest BCUT2D eigenvalue weighted by Crippen LogP contribution is -2.12. The van der Waals surface area contributed by atoms with Crippen molar-refractivity contribution in [3.63, 3.8) is 0 Å². The van der Waals surface area contributed by atoms with Crippen LogP contribution in [-0.2, 0) is 0 Å². The van der Waals surface area contributed by atoms with Gasteiger partial charge in [0.05, 0.1) is 0 Å². The van der Waals surface area contributed by atoms with Crippen LogP contribution in [0.5, 0.6) is 23.0 Å². The number of esters is 1. The average Bonchev–Trinajstić information content (AvgIpc) is 2.43. The van der Waals surface area contributed by atoms with Crippen molar-refractivity contribution >= 4 is 11.9 Å². The second-order valence-electron chi connectivity index (χ2n) is 4.05. The Labute approximate surface area is 118 Å². The number of phenolic OH excluding ortho intramolecular Hbond substituents is 3. The van der Waals surface area contributed by atoms with E-state index in [-0.39, 0.29) is 11.3 Å². The van der Waals surface area contributed by atoms with Gasteiger partial charge in [-0.1, -0.05) is 6.07 Å². The Morgan fingerprint density at radius 2 is 1.62 bits per heavy atom. The number of rotatable bonds is 3. The van der Waals surface area contributed by atoms with Crippen LogP contribution < -0.4 is 4.74 Å². The predicted octanol–water partition coefficient (Wildman–Crippen LogP) is 1.72. The molecule has 0 unspecified atom stereocenters. The van der Waals surface area contributed by atoms with Gasteiger partial charge in [0, 0.05) is 0 Å². The van der Waals surface area contributed by atoms with Gasteiger partial charge in [-0.15, -0.1) is 0 Å². The van der Waals surface area contributed by atoms with Crippen molar-refractivity contribution in [1.82, 2.24) is 0 Å². The molecule has 2 aromatic rings. The highest BCUT2D eigenvalue weighted by Gasteiger charge is 2.21. The number of benzene rings is 2. The van der Waals surface area contributed by atoms with Crippen LogP contribution in [0.25, 0.3) is 0 Å². The normalized spacial score (nSPS) is 10.1. The molecule has 0 aliphatic rings. The maximum Gasteiger partial charge on any atom is 0.347 e. The van der Waals surface area contributed by atoms with Gasteiger partial charge in [-0.2, -0.15) is 0 Å². The smallest absolute Gasteiger partial charge is 0.347 e. The van der Waals surface area contributed by atoms with Gasteiger partial charge < -0.3 is 25.2 Å². The second kappa shape index (κ2) is 5.41. The molecule has 2 aromatic carbocycles. The zero-order valence-corrected chi connectivity index (χ0v) is 10.5. The van der Waals surface area contributed by atoms with Crippen LogP contribution in [-0.4, -0.2) is 32.4 Å². The van der Waals surface area contributed by atoms with Crippen LogP contribution in [0.2, 0.25) is 0 Å². The summed E-state index contributed by atoms with van der Waals surface area (Å²) in [4.78, 5) is 22.9. The van der Waals surface area contributed by atoms with E-state index >= 15 is 0 Å². The zero-order chi connectivity index (χ0) is 15.6. The standard InChI is InChI=1S/C14H10O7/c15-7-4-5-10(16)9(6-7)14(20)21-12-8(13(18)19)2-1-3-11(12)17/h1-6,15-17H,(H,18,19). The van der Waals surface area contributed by atoms with Gasteiger partial charge in [-0.3, -0.25) is 0 Å². The van der Waals surface area contributed by atoms with E-state index in [0.29, 0.717) is 0 Å². The Balaban J connectivity index is 2.41. The van der Waals surface area contributed by atoms with E-state index in [0.717, 1.165) is 30.3 Å². The highest BCUT2D eigenvalue weighted by atomic mass is 16.5. The molecule has 0 saturated heterocycles. The Morgan fingerprint density at radius 3 is 2.29 bits per heavy atom.